The van der Waals surface area contributed by atoms with Gasteiger partial charge in [-0.15, -0.1) is 0 Å². The molecule has 10 amide bonds. The first-order valence-electron chi connectivity index (χ1n) is 30.8. The Morgan fingerprint density at radius 1 is 0.560 bits per heavy atom. The summed E-state index contributed by atoms with van der Waals surface area (Å²) in [5.41, 5.74) is 30.1. The number of aliphatic carboxylic acids is 1. The lowest BCUT2D eigenvalue weighted by Crippen LogP contribution is -2.60. The van der Waals surface area contributed by atoms with E-state index in [2.05, 4.69) is 52.5 Å². The Morgan fingerprint density at radius 2 is 1.11 bits per heavy atom. The van der Waals surface area contributed by atoms with Crippen molar-refractivity contribution in [2.45, 2.75) is 157 Å². The third-order valence-corrected chi connectivity index (χ3v) is 15.9. The fourth-order valence-corrected chi connectivity index (χ4v) is 11.1. The van der Waals surface area contributed by atoms with E-state index in [0.717, 1.165) is 0 Å². The minimum atomic E-state index is -1.57. The number of nitrogens with zero attached hydrogens (tertiary/aromatic N) is 4. The molecule has 0 radical (unpaired) electrons. The van der Waals surface area contributed by atoms with Gasteiger partial charge in [0.05, 0.1) is 12.6 Å². The molecule has 3 aromatic carbocycles. The molecule has 0 saturated carbocycles. The molecule has 3 aromatic rings. The van der Waals surface area contributed by atoms with Crippen LogP contribution < -0.4 is 71.2 Å². The molecule has 3 heterocycles. The molecule has 0 aromatic heterocycles. The molecule has 3 aliphatic rings. The average Bonchev–Trinajstić information content (AvgIpc) is 1.78. The van der Waals surface area contributed by atoms with Crippen LogP contribution in [0.1, 0.15) is 100 Å². The van der Waals surface area contributed by atoms with Crippen LogP contribution >= 0.6 is 0 Å². The Labute approximate surface area is 528 Å². The monoisotopic (exact) mass is 1260 g/mol. The van der Waals surface area contributed by atoms with E-state index in [1.54, 1.807) is 91.0 Å². The Bertz CT molecular complexity index is 3040. The van der Waals surface area contributed by atoms with Gasteiger partial charge in [-0.1, -0.05) is 91.0 Å². The highest BCUT2D eigenvalue weighted by Gasteiger charge is 2.44. The normalized spacial score (nSPS) is 21.9. The Kier molecular flexibility index (Phi) is 27.9. The SMILES string of the molecule is NC(N)=NCCC[C@H](NC(=O)[C@H](Cc1ccccc1)NC(=O)[C@@H](Cc1ccccc1)NC(=O)[C@@H]1CCC(=O)NCCCC[C@@H](N)C(=O)N[C@@H](CCCN=C(N)N)C(=O)N2CCC[C@H]2C(=O)N2CCC[C@H]2C(=O)NCC(=O)N[C@@H](Cc2ccccc2)C(=O)N1)C(=O)O. The minimum Gasteiger partial charge on any atom is -0.480 e. The number of aliphatic imine (C=N–C) groups is 2. The van der Waals surface area contributed by atoms with Crippen molar-refractivity contribution in [1.82, 2.24) is 52.3 Å². The Balaban J connectivity index is 1.28. The van der Waals surface area contributed by atoms with Crippen LogP contribution in [-0.4, -0.2) is 186 Å². The molecule has 0 spiro atoms. The molecule has 9 atom stereocenters. The van der Waals surface area contributed by atoms with E-state index in [1.165, 1.54) is 9.80 Å². The lowest BCUT2D eigenvalue weighted by molar-refractivity contribution is -0.148. The fraction of sp³-hybridized carbons (Fsp3) is 0.500. The lowest BCUT2D eigenvalue weighted by atomic mass is 10.0. The van der Waals surface area contributed by atoms with Crippen LogP contribution in [0, 0.1) is 0 Å². The third kappa shape index (κ3) is 23.0. The number of fused-ring (bicyclic) bond motifs is 2. The highest BCUT2D eigenvalue weighted by Crippen LogP contribution is 2.26. The van der Waals surface area contributed by atoms with E-state index >= 15 is 0 Å². The zero-order valence-electron chi connectivity index (χ0n) is 51.0. The van der Waals surface area contributed by atoms with Gasteiger partial charge in [0.2, 0.25) is 59.1 Å². The van der Waals surface area contributed by atoms with Gasteiger partial charge in [-0.05, 0) is 93.7 Å². The van der Waals surface area contributed by atoms with E-state index in [0.29, 0.717) is 48.8 Å². The van der Waals surface area contributed by atoms with E-state index in [-0.39, 0.29) is 115 Å². The van der Waals surface area contributed by atoms with Crippen LogP contribution in [0.25, 0.3) is 0 Å². The molecular formula is C62H87N17O12. The van der Waals surface area contributed by atoms with Crippen LogP contribution in [0.3, 0.4) is 0 Å². The highest BCUT2D eigenvalue weighted by atomic mass is 16.4. The predicted octanol–water partition coefficient (Wildman–Crippen LogP) is -2.68. The molecule has 3 fully saturated rings. The average molecular weight is 1260 g/mol. The second-order valence-corrected chi connectivity index (χ2v) is 22.8. The second kappa shape index (κ2) is 36.1. The van der Waals surface area contributed by atoms with Crippen LogP contribution in [0.2, 0.25) is 0 Å². The Morgan fingerprint density at radius 3 is 1.70 bits per heavy atom. The van der Waals surface area contributed by atoms with Crippen molar-refractivity contribution in [2.24, 2.45) is 38.7 Å². The van der Waals surface area contributed by atoms with E-state index in [4.69, 9.17) is 28.7 Å². The van der Waals surface area contributed by atoms with Gasteiger partial charge >= 0.3 is 5.97 Å². The van der Waals surface area contributed by atoms with Crippen LogP contribution in [-0.2, 0) is 72.0 Å². The number of benzene rings is 3. The molecule has 3 saturated heterocycles. The number of hydrogen-bond acceptors (Lipinski definition) is 14. The second-order valence-electron chi connectivity index (χ2n) is 22.8. The number of hydrogen-bond donors (Lipinski definition) is 14. The summed E-state index contributed by atoms with van der Waals surface area (Å²) in [4.78, 5) is 166. The van der Waals surface area contributed by atoms with E-state index in [1.807, 2.05) is 0 Å². The number of carboxylic acid groups (broad SMARTS) is 1. The third-order valence-electron chi connectivity index (χ3n) is 15.9. The summed E-state index contributed by atoms with van der Waals surface area (Å²) in [5, 5.41) is 31.6. The smallest absolute Gasteiger partial charge is 0.326 e. The number of carboxylic acids is 1. The standard InChI is InChI=1S/C62H87N17O12/c63-41-22-10-11-29-68-50(80)28-27-42(53(83)76-47(36-40-20-8-3-9-21-40)56(86)77-46(35-39-18-6-2-7-19-39)55(85)75-44(60(90)91)24-13-31-70-62(66)67)73-54(84)45(34-38-16-4-1-5-17-38)72-51(81)37-71-57(87)48-25-14-32-78(48)59(89)49-26-15-33-79(49)58(88)43(74-52(41)82)23-12-30-69-61(64)65/h1-9,16-21,41-49H,10-15,22-37,63H2,(H,68,80)(H,71,87)(H,72,81)(H,73,84)(H,74,82)(H,75,85)(H,76,83)(H,77,86)(H,90,91)(H4,64,65,69)(H4,66,67,70)/t41-,42+,43+,44+,45+,46+,47-,48+,49+/m1/s1. The van der Waals surface area contributed by atoms with Crippen molar-refractivity contribution >= 4 is 77.0 Å². The topological polar surface area (TPSA) is 466 Å². The maximum atomic E-state index is 14.9. The van der Waals surface area contributed by atoms with Gasteiger partial charge < -0.3 is 86.1 Å². The van der Waals surface area contributed by atoms with Crippen molar-refractivity contribution in [3.63, 3.8) is 0 Å². The van der Waals surface area contributed by atoms with Crippen molar-refractivity contribution in [3.05, 3.63) is 108 Å². The molecule has 19 N–H and O–H groups in total. The van der Waals surface area contributed by atoms with Crippen molar-refractivity contribution in [1.29, 1.82) is 0 Å². The lowest BCUT2D eigenvalue weighted by Gasteiger charge is -2.33. The summed E-state index contributed by atoms with van der Waals surface area (Å²) >= 11 is 0. The molecule has 29 heteroatoms. The summed E-state index contributed by atoms with van der Waals surface area (Å²) in [7, 11) is 0. The zero-order chi connectivity index (χ0) is 65.8. The van der Waals surface area contributed by atoms with Gasteiger partial charge in [0.15, 0.2) is 11.9 Å². The molecule has 91 heavy (non-hydrogen) atoms. The van der Waals surface area contributed by atoms with Gasteiger partial charge in [0.25, 0.3) is 0 Å². The van der Waals surface area contributed by atoms with Gasteiger partial charge in [0, 0.05) is 58.4 Å². The van der Waals surface area contributed by atoms with Crippen molar-refractivity contribution in [2.75, 3.05) is 39.3 Å². The maximum absolute atomic E-state index is 14.9. The number of guanidine groups is 2. The number of nitrogens with one attached hydrogen (secondary N) is 8. The van der Waals surface area contributed by atoms with Crippen molar-refractivity contribution < 1.29 is 57.8 Å². The number of carbonyl (C=O) groups excluding carboxylic acids is 10. The summed E-state index contributed by atoms with van der Waals surface area (Å²) in [6.07, 6.45) is 1.70. The molecule has 29 nitrogen and oxygen atoms in total. The quantitative estimate of drug-likeness (QED) is 0.0294. The summed E-state index contributed by atoms with van der Waals surface area (Å²) < 4.78 is 0. The Hall–Kier alpha value is -9.67. The summed E-state index contributed by atoms with van der Waals surface area (Å²) in [6.45, 7) is 0.0889. The van der Waals surface area contributed by atoms with Crippen molar-refractivity contribution in [3.8, 4) is 0 Å². The maximum Gasteiger partial charge on any atom is 0.326 e. The molecule has 0 unspecified atom stereocenters. The number of amides is 10. The molecule has 0 aliphatic carbocycles. The number of rotatable bonds is 21. The zero-order valence-corrected chi connectivity index (χ0v) is 51.0. The fourth-order valence-electron chi connectivity index (χ4n) is 11.1. The van der Waals surface area contributed by atoms with Gasteiger partial charge in [-0.2, -0.15) is 0 Å². The first-order chi connectivity index (χ1) is 43.7. The predicted molar refractivity (Wildman–Crippen MR) is 336 cm³/mol. The first kappa shape index (κ1) is 70.4. The van der Waals surface area contributed by atoms with Crippen LogP contribution in [0.4, 0.5) is 0 Å². The molecular weight excluding hydrogens is 1170 g/mol. The van der Waals surface area contributed by atoms with E-state index < -0.39 is 126 Å². The van der Waals surface area contributed by atoms with Crippen LogP contribution in [0.15, 0.2) is 101 Å². The van der Waals surface area contributed by atoms with Crippen LogP contribution in [0.5, 0.6) is 0 Å². The van der Waals surface area contributed by atoms with Gasteiger partial charge in [-0.25, -0.2) is 4.79 Å². The molecule has 0 bridgehead atoms. The summed E-state index contributed by atoms with van der Waals surface area (Å²) in [6, 6.07) is 14.4. The minimum absolute atomic E-state index is 0.0678. The van der Waals surface area contributed by atoms with E-state index in [9.17, 15) is 57.8 Å². The molecule has 492 valence electrons. The number of carbonyl (C=O) groups is 11. The molecule has 6 rings (SSSR count). The highest BCUT2D eigenvalue weighted by molar-refractivity contribution is 5.99. The largest absolute Gasteiger partial charge is 0.480 e. The molecule has 3 aliphatic heterocycles. The van der Waals surface area contributed by atoms with Gasteiger partial charge in [0.1, 0.15) is 48.3 Å². The summed E-state index contributed by atoms with van der Waals surface area (Å²) in [5.74, 6) is -8.85. The number of nitrogens with two attached hydrogens (primary N) is 5. The van der Waals surface area contributed by atoms with Gasteiger partial charge in [-0.3, -0.25) is 57.9 Å². The first-order valence-corrected chi connectivity index (χ1v) is 30.8.